The molecule has 7 nitrogen and oxygen atoms in total. The molecule has 2 aliphatic rings. The number of rotatable bonds is 6. The van der Waals surface area contributed by atoms with Crippen molar-refractivity contribution in [3.05, 3.63) is 65.0 Å². The Labute approximate surface area is 215 Å². The van der Waals surface area contributed by atoms with E-state index in [4.69, 9.17) is 4.74 Å². The summed E-state index contributed by atoms with van der Waals surface area (Å²) in [6.45, 7) is 16.1. The molecule has 2 aromatic rings. The summed E-state index contributed by atoms with van der Waals surface area (Å²) in [7, 11) is 0. The van der Waals surface area contributed by atoms with E-state index in [1.54, 1.807) is 6.20 Å². The van der Waals surface area contributed by atoms with Crippen molar-refractivity contribution in [2.75, 3.05) is 32.7 Å². The van der Waals surface area contributed by atoms with Crippen LogP contribution in [0.3, 0.4) is 0 Å². The molecule has 2 fully saturated rings. The third-order valence-electron chi connectivity index (χ3n) is 7.36. The fraction of sp³-hybridized carbons (Fsp3) is 0.552. The summed E-state index contributed by atoms with van der Waals surface area (Å²) in [6, 6.07) is 11.9. The Hall–Kier alpha value is -2.93. The van der Waals surface area contributed by atoms with Crippen LogP contribution in [-0.2, 0) is 4.74 Å². The number of amides is 2. The Balaban J connectivity index is 1.37. The summed E-state index contributed by atoms with van der Waals surface area (Å²) >= 11 is 0. The number of fused-ring (bicyclic) bond motifs is 1. The lowest BCUT2D eigenvalue weighted by molar-refractivity contribution is 0.0480. The number of hydrogen-bond donors (Lipinski definition) is 1. The summed E-state index contributed by atoms with van der Waals surface area (Å²) in [5.74, 6) is 1.26. The molecule has 36 heavy (non-hydrogen) atoms. The quantitative estimate of drug-likeness (QED) is 0.638. The maximum Gasteiger partial charge on any atom is 0.408 e. The van der Waals surface area contributed by atoms with E-state index in [-0.39, 0.29) is 17.9 Å². The van der Waals surface area contributed by atoms with E-state index in [9.17, 15) is 9.59 Å². The Morgan fingerprint density at radius 1 is 1.06 bits per heavy atom. The highest BCUT2D eigenvalue weighted by atomic mass is 16.6. The lowest BCUT2D eigenvalue weighted by atomic mass is 9.94. The van der Waals surface area contributed by atoms with E-state index in [1.807, 2.05) is 63.8 Å². The zero-order valence-corrected chi connectivity index (χ0v) is 22.5. The maximum atomic E-state index is 13.2. The highest BCUT2D eigenvalue weighted by Gasteiger charge is 2.42. The number of nitrogens with zero attached hydrogens (tertiary/aromatic N) is 3. The molecule has 2 saturated heterocycles. The van der Waals surface area contributed by atoms with Gasteiger partial charge >= 0.3 is 6.09 Å². The van der Waals surface area contributed by atoms with Crippen LogP contribution >= 0.6 is 0 Å². The Morgan fingerprint density at radius 3 is 2.28 bits per heavy atom. The molecule has 0 saturated carbocycles. The predicted octanol–water partition coefficient (Wildman–Crippen LogP) is 4.60. The second-order valence-corrected chi connectivity index (χ2v) is 11.5. The van der Waals surface area contributed by atoms with Gasteiger partial charge in [-0.2, -0.15) is 0 Å². The molecule has 0 radical (unpaired) electrons. The van der Waals surface area contributed by atoms with E-state index in [2.05, 4.69) is 34.3 Å². The number of likely N-dealkylation sites (tertiary alicyclic amines) is 2. The molecule has 0 aliphatic carbocycles. The fourth-order valence-electron chi connectivity index (χ4n) is 5.74. The highest BCUT2D eigenvalue weighted by Crippen LogP contribution is 2.34. The van der Waals surface area contributed by atoms with Crippen LogP contribution in [-0.4, -0.2) is 65.1 Å². The monoisotopic (exact) mass is 492 g/mol. The zero-order valence-electron chi connectivity index (χ0n) is 22.5. The fourth-order valence-corrected chi connectivity index (χ4v) is 5.74. The van der Waals surface area contributed by atoms with Crippen LogP contribution in [0, 0.1) is 31.6 Å². The molecule has 194 valence electrons. The van der Waals surface area contributed by atoms with E-state index < -0.39 is 11.7 Å². The van der Waals surface area contributed by atoms with Crippen LogP contribution in [0.4, 0.5) is 4.79 Å². The molecule has 7 heteroatoms. The lowest BCUT2D eigenvalue weighted by Gasteiger charge is -2.31. The van der Waals surface area contributed by atoms with Crippen LogP contribution in [0.1, 0.15) is 60.9 Å². The first-order valence-electron chi connectivity index (χ1n) is 13.0. The zero-order chi connectivity index (χ0) is 26.0. The number of hydrogen-bond acceptors (Lipinski definition) is 5. The van der Waals surface area contributed by atoms with Gasteiger partial charge < -0.3 is 19.9 Å². The standard InChI is InChI=1S/C29H40N4O3/c1-19-12-13-30-21(3)25(19)27(34)33-17-23-15-32(16-24(23)18-33)14-20(2)26(22-10-8-7-9-11-22)31-28(35)36-29(4,5)6/h7-13,20,23-24,26H,14-18H2,1-6H3,(H,31,35)/t20-,23?,24?,26?/m1/s1. The summed E-state index contributed by atoms with van der Waals surface area (Å²) in [5, 5.41) is 3.12. The van der Waals surface area contributed by atoms with Crippen molar-refractivity contribution in [2.24, 2.45) is 17.8 Å². The molecule has 4 rings (SSSR count). The number of aryl methyl sites for hydroxylation is 2. The van der Waals surface area contributed by atoms with Crippen molar-refractivity contribution in [3.63, 3.8) is 0 Å². The topological polar surface area (TPSA) is 74.8 Å². The van der Waals surface area contributed by atoms with Crippen LogP contribution in [0.2, 0.25) is 0 Å². The summed E-state index contributed by atoms with van der Waals surface area (Å²) in [5.41, 5.74) is 3.08. The number of benzene rings is 1. The van der Waals surface area contributed by atoms with E-state index >= 15 is 0 Å². The lowest BCUT2D eigenvalue weighted by Crippen LogP contribution is -2.41. The maximum absolute atomic E-state index is 13.2. The van der Waals surface area contributed by atoms with E-state index in [0.29, 0.717) is 11.8 Å². The molecule has 2 aliphatic heterocycles. The van der Waals surface area contributed by atoms with Crippen LogP contribution in [0.5, 0.6) is 0 Å². The van der Waals surface area contributed by atoms with Gasteiger partial charge in [-0.1, -0.05) is 37.3 Å². The Kier molecular flexibility index (Phi) is 7.69. The molecule has 2 amide bonds. The third-order valence-corrected chi connectivity index (χ3v) is 7.36. The Morgan fingerprint density at radius 2 is 1.69 bits per heavy atom. The summed E-state index contributed by atoms with van der Waals surface area (Å²) in [6.07, 6.45) is 1.37. The van der Waals surface area contributed by atoms with Crippen molar-refractivity contribution in [1.29, 1.82) is 0 Å². The largest absolute Gasteiger partial charge is 0.444 e. The number of aromatic nitrogens is 1. The molecule has 1 aromatic carbocycles. The molecule has 1 N–H and O–H groups in total. The van der Waals surface area contributed by atoms with Gasteiger partial charge in [-0.05, 0) is 69.6 Å². The minimum atomic E-state index is -0.544. The second kappa shape index (κ2) is 10.6. The molecule has 1 aromatic heterocycles. The molecule has 0 bridgehead atoms. The Bertz CT molecular complexity index is 1050. The highest BCUT2D eigenvalue weighted by molar-refractivity contribution is 5.96. The number of ether oxygens (including phenoxy) is 1. The number of carbonyl (C=O) groups excluding carboxylic acids is 2. The summed E-state index contributed by atoms with van der Waals surface area (Å²) < 4.78 is 5.55. The van der Waals surface area contributed by atoms with Gasteiger partial charge in [0.2, 0.25) is 0 Å². The molecule has 0 spiro atoms. The second-order valence-electron chi connectivity index (χ2n) is 11.5. The van der Waals surface area contributed by atoms with E-state index in [0.717, 1.165) is 55.1 Å². The normalized spacial score (nSPS) is 21.7. The number of nitrogens with one attached hydrogen (secondary N) is 1. The van der Waals surface area contributed by atoms with Crippen LogP contribution in [0.15, 0.2) is 42.6 Å². The van der Waals surface area contributed by atoms with Gasteiger partial charge in [-0.3, -0.25) is 9.78 Å². The average Bonchev–Trinajstić information content (AvgIpc) is 3.35. The number of carbonyl (C=O) groups is 2. The van der Waals surface area contributed by atoms with Gasteiger partial charge in [0.05, 0.1) is 17.3 Å². The van der Waals surface area contributed by atoms with Gasteiger partial charge in [0.1, 0.15) is 5.60 Å². The van der Waals surface area contributed by atoms with Crippen molar-refractivity contribution in [2.45, 2.75) is 53.2 Å². The molecular formula is C29H40N4O3. The van der Waals surface area contributed by atoms with E-state index in [1.165, 1.54) is 0 Å². The SMILES string of the molecule is Cc1ccnc(C)c1C(=O)N1CC2CN(C[C@@H](C)C(NC(=O)OC(C)(C)C)c3ccccc3)CC2C1. The average molecular weight is 493 g/mol. The van der Waals surface area contributed by atoms with Crippen LogP contribution in [0.25, 0.3) is 0 Å². The minimum absolute atomic E-state index is 0.109. The molecular weight excluding hydrogens is 452 g/mol. The van der Waals surface area contributed by atoms with Crippen molar-refractivity contribution in [1.82, 2.24) is 20.1 Å². The van der Waals surface area contributed by atoms with Crippen molar-refractivity contribution in [3.8, 4) is 0 Å². The van der Waals surface area contributed by atoms with Gasteiger partial charge in [-0.15, -0.1) is 0 Å². The van der Waals surface area contributed by atoms with Crippen LogP contribution < -0.4 is 5.32 Å². The first-order valence-corrected chi connectivity index (χ1v) is 13.0. The third kappa shape index (κ3) is 6.06. The van der Waals surface area contributed by atoms with Crippen molar-refractivity contribution < 1.29 is 14.3 Å². The number of pyridine rings is 1. The van der Waals surface area contributed by atoms with Gasteiger partial charge in [0.15, 0.2) is 0 Å². The number of alkyl carbamates (subject to hydrolysis) is 1. The first-order chi connectivity index (χ1) is 17.0. The molecule has 4 atom stereocenters. The van der Waals surface area contributed by atoms with Crippen molar-refractivity contribution >= 4 is 12.0 Å². The van der Waals surface area contributed by atoms with Gasteiger partial charge in [0.25, 0.3) is 5.91 Å². The molecule has 3 unspecified atom stereocenters. The predicted molar refractivity (Wildman–Crippen MR) is 141 cm³/mol. The minimum Gasteiger partial charge on any atom is -0.444 e. The first kappa shape index (κ1) is 26.1. The van der Waals surface area contributed by atoms with Gasteiger partial charge in [-0.25, -0.2) is 4.79 Å². The molecule has 3 heterocycles. The summed E-state index contributed by atoms with van der Waals surface area (Å²) in [4.78, 5) is 34.7. The smallest absolute Gasteiger partial charge is 0.408 e. The van der Waals surface area contributed by atoms with Gasteiger partial charge in [0, 0.05) is 38.9 Å².